The first kappa shape index (κ1) is 17.9. The zero-order valence-electron chi connectivity index (χ0n) is 14.7. The van der Waals surface area contributed by atoms with Gasteiger partial charge in [0.15, 0.2) is 0 Å². The van der Waals surface area contributed by atoms with E-state index in [4.69, 9.17) is 4.74 Å². The highest BCUT2D eigenvalue weighted by Crippen LogP contribution is 2.21. The van der Waals surface area contributed by atoms with Crippen LogP contribution in [0.1, 0.15) is 27.6 Å². The molecule has 0 atom stereocenters. The van der Waals surface area contributed by atoms with Gasteiger partial charge in [-0.25, -0.2) is 4.39 Å². The molecule has 6 heteroatoms. The number of carbonyl (C=O) groups is 2. The molecule has 0 saturated carbocycles. The first-order valence-corrected chi connectivity index (χ1v) is 8.66. The number of carbonyl (C=O) groups excluding carboxylic acids is 2. The topological polar surface area (TPSA) is 49.9 Å². The second-order valence-corrected chi connectivity index (χ2v) is 6.02. The van der Waals surface area contributed by atoms with Crippen LogP contribution in [-0.4, -0.2) is 54.4 Å². The lowest BCUT2D eigenvalue weighted by molar-refractivity contribution is 0.0533. The fourth-order valence-corrected chi connectivity index (χ4v) is 3.01. The average molecular weight is 356 g/mol. The van der Waals surface area contributed by atoms with Gasteiger partial charge in [-0.2, -0.15) is 0 Å². The molecular formula is C20H21FN2O3. The number of piperazine rings is 1. The van der Waals surface area contributed by atoms with Crippen molar-refractivity contribution in [2.45, 2.75) is 6.92 Å². The minimum Gasteiger partial charge on any atom is -0.493 e. The van der Waals surface area contributed by atoms with Crippen molar-refractivity contribution in [2.75, 3.05) is 32.8 Å². The zero-order chi connectivity index (χ0) is 18.5. The van der Waals surface area contributed by atoms with Gasteiger partial charge in [-0.15, -0.1) is 0 Å². The Morgan fingerprint density at radius 3 is 2.27 bits per heavy atom. The van der Waals surface area contributed by atoms with Crippen LogP contribution < -0.4 is 4.74 Å². The SMILES string of the molecule is CCOc1ccccc1C(=O)N1CCN(C(=O)c2cccc(F)c2)CC1. The third-order valence-corrected chi connectivity index (χ3v) is 4.34. The van der Waals surface area contributed by atoms with Crippen molar-refractivity contribution in [1.29, 1.82) is 0 Å². The molecule has 1 aliphatic heterocycles. The van der Waals surface area contributed by atoms with Crippen molar-refractivity contribution in [3.05, 3.63) is 65.5 Å². The van der Waals surface area contributed by atoms with E-state index in [1.54, 1.807) is 34.1 Å². The molecule has 0 N–H and O–H groups in total. The molecule has 26 heavy (non-hydrogen) atoms. The van der Waals surface area contributed by atoms with Gasteiger partial charge in [-0.05, 0) is 37.3 Å². The van der Waals surface area contributed by atoms with E-state index in [0.29, 0.717) is 49.7 Å². The summed E-state index contributed by atoms with van der Waals surface area (Å²) >= 11 is 0. The molecule has 1 fully saturated rings. The van der Waals surface area contributed by atoms with Gasteiger partial charge in [0.05, 0.1) is 12.2 Å². The Kier molecular flexibility index (Phi) is 5.51. The number of ether oxygens (including phenoxy) is 1. The van der Waals surface area contributed by atoms with Crippen molar-refractivity contribution >= 4 is 11.8 Å². The van der Waals surface area contributed by atoms with E-state index < -0.39 is 5.82 Å². The summed E-state index contributed by atoms with van der Waals surface area (Å²) in [6.45, 7) is 4.05. The number of hydrogen-bond acceptors (Lipinski definition) is 3. The molecule has 0 aromatic heterocycles. The normalized spacial score (nSPS) is 14.2. The molecule has 136 valence electrons. The van der Waals surface area contributed by atoms with Gasteiger partial charge in [0.2, 0.25) is 0 Å². The highest BCUT2D eigenvalue weighted by Gasteiger charge is 2.27. The summed E-state index contributed by atoms with van der Waals surface area (Å²) < 4.78 is 18.8. The number of nitrogens with zero attached hydrogens (tertiary/aromatic N) is 2. The molecular weight excluding hydrogens is 335 g/mol. The highest BCUT2D eigenvalue weighted by molar-refractivity contribution is 5.97. The number of benzene rings is 2. The summed E-state index contributed by atoms with van der Waals surface area (Å²) in [4.78, 5) is 28.6. The van der Waals surface area contributed by atoms with Gasteiger partial charge in [-0.1, -0.05) is 18.2 Å². The summed E-state index contributed by atoms with van der Waals surface area (Å²) in [5.74, 6) is -0.186. The molecule has 2 aromatic rings. The Balaban J connectivity index is 1.65. The molecule has 1 aliphatic rings. The van der Waals surface area contributed by atoms with Gasteiger partial charge in [0.25, 0.3) is 11.8 Å². The van der Waals surface area contributed by atoms with Crippen molar-refractivity contribution < 1.29 is 18.7 Å². The molecule has 0 aliphatic carbocycles. The van der Waals surface area contributed by atoms with Gasteiger partial charge in [-0.3, -0.25) is 9.59 Å². The predicted octanol–water partition coefficient (Wildman–Crippen LogP) is 2.82. The van der Waals surface area contributed by atoms with Crippen LogP contribution in [0.25, 0.3) is 0 Å². The maximum Gasteiger partial charge on any atom is 0.257 e. The van der Waals surface area contributed by atoms with Crippen LogP contribution in [0, 0.1) is 5.82 Å². The smallest absolute Gasteiger partial charge is 0.257 e. The summed E-state index contributed by atoms with van der Waals surface area (Å²) in [6.07, 6.45) is 0. The van der Waals surface area contributed by atoms with E-state index in [1.165, 1.54) is 18.2 Å². The van der Waals surface area contributed by atoms with Crippen molar-refractivity contribution in [3.8, 4) is 5.75 Å². The van der Waals surface area contributed by atoms with E-state index in [9.17, 15) is 14.0 Å². The lowest BCUT2D eigenvalue weighted by atomic mass is 10.1. The first-order chi connectivity index (χ1) is 12.6. The molecule has 0 radical (unpaired) electrons. The molecule has 3 rings (SSSR count). The highest BCUT2D eigenvalue weighted by atomic mass is 19.1. The standard InChI is InChI=1S/C20H21FN2O3/c1-2-26-18-9-4-3-8-17(18)20(25)23-12-10-22(11-13-23)19(24)15-6-5-7-16(21)14-15/h3-9,14H,2,10-13H2,1H3. The Morgan fingerprint density at radius 2 is 1.62 bits per heavy atom. The first-order valence-electron chi connectivity index (χ1n) is 8.66. The summed E-state index contributed by atoms with van der Waals surface area (Å²) in [5, 5.41) is 0. The maximum absolute atomic E-state index is 13.3. The van der Waals surface area contributed by atoms with Crippen LogP contribution in [0.5, 0.6) is 5.75 Å². The van der Waals surface area contributed by atoms with Crippen LogP contribution in [-0.2, 0) is 0 Å². The van der Waals surface area contributed by atoms with Crippen molar-refractivity contribution in [1.82, 2.24) is 9.80 Å². The summed E-state index contributed by atoms with van der Waals surface area (Å²) in [5.41, 5.74) is 0.853. The number of rotatable bonds is 4. The second-order valence-electron chi connectivity index (χ2n) is 6.02. The van der Waals surface area contributed by atoms with Crippen LogP contribution in [0.2, 0.25) is 0 Å². The molecule has 2 aromatic carbocycles. The third-order valence-electron chi connectivity index (χ3n) is 4.34. The number of halogens is 1. The third kappa shape index (κ3) is 3.85. The largest absolute Gasteiger partial charge is 0.493 e. The van der Waals surface area contributed by atoms with E-state index >= 15 is 0 Å². The van der Waals surface area contributed by atoms with Crippen LogP contribution in [0.15, 0.2) is 48.5 Å². The maximum atomic E-state index is 13.3. The minimum atomic E-state index is -0.433. The molecule has 0 bridgehead atoms. The summed E-state index contributed by atoms with van der Waals surface area (Å²) in [6, 6.07) is 12.8. The number of hydrogen-bond donors (Lipinski definition) is 0. The quantitative estimate of drug-likeness (QED) is 0.846. The van der Waals surface area contributed by atoms with Gasteiger partial charge >= 0.3 is 0 Å². The lowest BCUT2D eigenvalue weighted by Gasteiger charge is -2.35. The van der Waals surface area contributed by atoms with E-state index in [1.807, 2.05) is 13.0 Å². The number of para-hydroxylation sites is 1. The number of amides is 2. The molecule has 1 saturated heterocycles. The van der Waals surface area contributed by atoms with E-state index in [-0.39, 0.29) is 11.8 Å². The van der Waals surface area contributed by atoms with Crippen LogP contribution >= 0.6 is 0 Å². The molecule has 1 heterocycles. The Morgan fingerprint density at radius 1 is 0.962 bits per heavy atom. The van der Waals surface area contributed by atoms with Gasteiger partial charge in [0, 0.05) is 31.7 Å². The summed E-state index contributed by atoms with van der Waals surface area (Å²) in [7, 11) is 0. The van der Waals surface area contributed by atoms with Crippen molar-refractivity contribution in [3.63, 3.8) is 0 Å². The van der Waals surface area contributed by atoms with Crippen LogP contribution in [0.4, 0.5) is 4.39 Å². The Bertz CT molecular complexity index is 801. The fourth-order valence-electron chi connectivity index (χ4n) is 3.01. The molecule has 0 unspecified atom stereocenters. The van der Waals surface area contributed by atoms with E-state index in [0.717, 1.165) is 0 Å². The second kappa shape index (κ2) is 7.99. The molecule has 5 nitrogen and oxygen atoms in total. The average Bonchev–Trinajstić information content (AvgIpc) is 2.68. The fraction of sp³-hybridized carbons (Fsp3) is 0.300. The predicted molar refractivity (Wildman–Crippen MR) is 95.8 cm³/mol. The molecule has 2 amide bonds. The minimum absolute atomic E-state index is 0.105. The van der Waals surface area contributed by atoms with E-state index in [2.05, 4.69) is 0 Å². The Labute approximate surface area is 152 Å². The van der Waals surface area contributed by atoms with Gasteiger partial charge < -0.3 is 14.5 Å². The monoisotopic (exact) mass is 356 g/mol. The van der Waals surface area contributed by atoms with Gasteiger partial charge in [0.1, 0.15) is 11.6 Å². The Hall–Kier alpha value is -2.89. The lowest BCUT2D eigenvalue weighted by Crippen LogP contribution is -2.50. The zero-order valence-corrected chi connectivity index (χ0v) is 14.7. The molecule has 0 spiro atoms. The van der Waals surface area contributed by atoms with Crippen LogP contribution in [0.3, 0.4) is 0 Å². The van der Waals surface area contributed by atoms with Crippen molar-refractivity contribution in [2.24, 2.45) is 0 Å².